The number of rotatable bonds is 5. The molecule has 6 heteroatoms. The van der Waals surface area contributed by atoms with E-state index >= 15 is 0 Å². The summed E-state index contributed by atoms with van der Waals surface area (Å²) in [4.78, 5) is 12.3. The number of amides is 1. The summed E-state index contributed by atoms with van der Waals surface area (Å²) < 4.78 is 21.1. The molecule has 2 aromatic carbocycles. The van der Waals surface area contributed by atoms with Crippen LogP contribution in [0, 0.1) is 6.92 Å². The molecule has 0 atom stereocenters. The summed E-state index contributed by atoms with van der Waals surface area (Å²) in [5.74, 6) is 2.45. The number of hydrogen-bond donors (Lipinski definition) is 1. The second kappa shape index (κ2) is 6.70. The van der Waals surface area contributed by atoms with E-state index in [0.29, 0.717) is 28.7 Å². The molecular formula is C18H19NO5. The van der Waals surface area contributed by atoms with Crippen molar-refractivity contribution in [3.8, 4) is 23.0 Å². The Balaban J connectivity index is 1.73. The molecule has 0 unspecified atom stereocenters. The van der Waals surface area contributed by atoms with Crippen LogP contribution in [0.15, 0.2) is 30.3 Å². The van der Waals surface area contributed by atoms with Crippen molar-refractivity contribution in [2.24, 2.45) is 0 Å². The number of carbonyl (C=O) groups is 1. The van der Waals surface area contributed by atoms with E-state index in [9.17, 15) is 4.79 Å². The van der Waals surface area contributed by atoms with Crippen molar-refractivity contribution in [1.82, 2.24) is 0 Å². The van der Waals surface area contributed by atoms with Crippen LogP contribution in [0.3, 0.4) is 0 Å². The standard InChI is InChI=1S/C18H19NO5/c1-11-6-15(21-2)16(22-3)7-12(11)8-18(20)19-13-4-5-14-17(9-13)24-10-23-14/h4-7,9H,8,10H2,1-3H3,(H,19,20). The van der Waals surface area contributed by atoms with Crippen LogP contribution in [-0.4, -0.2) is 26.9 Å². The number of aryl methyl sites for hydroxylation is 1. The molecule has 0 spiro atoms. The molecule has 1 amide bonds. The SMILES string of the molecule is COc1cc(C)c(CC(=O)Nc2ccc3c(c2)OCO3)cc1OC. The van der Waals surface area contributed by atoms with Crippen molar-refractivity contribution in [2.75, 3.05) is 26.3 Å². The van der Waals surface area contributed by atoms with Gasteiger partial charge in [-0.3, -0.25) is 4.79 Å². The first kappa shape index (κ1) is 16.0. The Morgan fingerprint density at radius 2 is 1.79 bits per heavy atom. The van der Waals surface area contributed by atoms with Gasteiger partial charge in [-0.05, 0) is 42.3 Å². The maximum atomic E-state index is 12.3. The van der Waals surface area contributed by atoms with E-state index in [2.05, 4.69) is 5.32 Å². The third-order valence-electron chi connectivity index (χ3n) is 3.85. The maximum Gasteiger partial charge on any atom is 0.231 e. The highest BCUT2D eigenvalue weighted by atomic mass is 16.7. The predicted molar refractivity (Wildman–Crippen MR) is 89.2 cm³/mol. The molecule has 24 heavy (non-hydrogen) atoms. The van der Waals surface area contributed by atoms with Crippen molar-refractivity contribution in [3.63, 3.8) is 0 Å². The van der Waals surface area contributed by atoms with Gasteiger partial charge in [-0.2, -0.15) is 0 Å². The number of ether oxygens (including phenoxy) is 4. The van der Waals surface area contributed by atoms with Gasteiger partial charge in [0.2, 0.25) is 12.7 Å². The van der Waals surface area contributed by atoms with E-state index in [1.807, 2.05) is 19.1 Å². The Morgan fingerprint density at radius 1 is 1.08 bits per heavy atom. The van der Waals surface area contributed by atoms with Gasteiger partial charge in [-0.1, -0.05) is 0 Å². The van der Waals surface area contributed by atoms with Gasteiger partial charge in [0.25, 0.3) is 0 Å². The van der Waals surface area contributed by atoms with Crippen LogP contribution in [0.2, 0.25) is 0 Å². The lowest BCUT2D eigenvalue weighted by atomic mass is 10.0. The number of hydrogen-bond acceptors (Lipinski definition) is 5. The molecule has 6 nitrogen and oxygen atoms in total. The van der Waals surface area contributed by atoms with Crippen molar-refractivity contribution in [3.05, 3.63) is 41.5 Å². The molecule has 0 aliphatic carbocycles. The molecule has 0 fully saturated rings. The molecule has 0 saturated carbocycles. The lowest BCUT2D eigenvalue weighted by Crippen LogP contribution is -2.15. The molecule has 3 rings (SSSR count). The summed E-state index contributed by atoms with van der Waals surface area (Å²) >= 11 is 0. The van der Waals surface area contributed by atoms with E-state index in [0.717, 1.165) is 11.1 Å². The highest BCUT2D eigenvalue weighted by Gasteiger charge is 2.15. The van der Waals surface area contributed by atoms with Crippen LogP contribution in [-0.2, 0) is 11.2 Å². The number of methoxy groups -OCH3 is 2. The van der Waals surface area contributed by atoms with E-state index in [1.54, 1.807) is 32.4 Å². The van der Waals surface area contributed by atoms with Gasteiger partial charge in [-0.15, -0.1) is 0 Å². The van der Waals surface area contributed by atoms with Gasteiger partial charge in [-0.25, -0.2) is 0 Å². The minimum absolute atomic E-state index is 0.121. The predicted octanol–water partition coefficient (Wildman–Crippen LogP) is 2.92. The molecule has 0 saturated heterocycles. The highest BCUT2D eigenvalue weighted by Crippen LogP contribution is 2.34. The number of fused-ring (bicyclic) bond motifs is 1. The zero-order valence-electron chi connectivity index (χ0n) is 13.8. The Hall–Kier alpha value is -2.89. The average Bonchev–Trinajstić information content (AvgIpc) is 3.03. The molecule has 1 aliphatic heterocycles. The van der Waals surface area contributed by atoms with Crippen LogP contribution in [0.25, 0.3) is 0 Å². The topological polar surface area (TPSA) is 66.0 Å². The molecule has 0 bridgehead atoms. The minimum atomic E-state index is -0.121. The van der Waals surface area contributed by atoms with E-state index in [-0.39, 0.29) is 19.1 Å². The summed E-state index contributed by atoms with van der Waals surface area (Å²) in [6.45, 7) is 2.14. The number of carbonyl (C=O) groups excluding carboxylic acids is 1. The third kappa shape index (κ3) is 3.22. The fourth-order valence-corrected chi connectivity index (χ4v) is 2.57. The van der Waals surface area contributed by atoms with E-state index in [1.165, 1.54) is 0 Å². The van der Waals surface area contributed by atoms with Gasteiger partial charge < -0.3 is 24.3 Å². The van der Waals surface area contributed by atoms with Crippen molar-refractivity contribution >= 4 is 11.6 Å². The van der Waals surface area contributed by atoms with Gasteiger partial charge >= 0.3 is 0 Å². The fraction of sp³-hybridized carbons (Fsp3) is 0.278. The lowest BCUT2D eigenvalue weighted by Gasteiger charge is -2.13. The molecule has 1 heterocycles. The van der Waals surface area contributed by atoms with E-state index in [4.69, 9.17) is 18.9 Å². The Morgan fingerprint density at radius 3 is 2.54 bits per heavy atom. The Labute approximate surface area is 140 Å². The van der Waals surface area contributed by atoms with Crippen LogP contribution in [0.5, 0.6) is 23.0 Å². The maximum absolute atomic E-state index is 12.3. The van der Waals surface area contributed by atoms with Crippen molar-refractivity contribution in [2.45, 2.75) is 13.3 Å². The second-order valence-corrected chi connectivity index (χ2v) is 5.43. The van der Waals surface area contributed by atoms with Crippen LogP contribution >= 0.6 is 0 Å². The smallest absolute Gasteiger partial charge is 0.231 e. The molecule has 1 N–H and O–H groups in total. The zero-order valence-corrected chi connectivity index (χ0v) is 13.8. The zero-order chi connectivity index (χ0) is 17.1. The Bertz CT molecular complexity index is 772. The number of nitrogens with one attached hydrogen (secondary N) is 1. The molecule has 2 aromatic rings. The summed E-state index contributed by atoms with van der Waals surface area (Å²) in [5.41, 5.74) is 2.52. The molecule has 126 valence electrons. The largest absolute Gasteiger partial charge is 0.493 e. The molecular weight excluding hydrogens is 310 g/mol. The fourth-order valence-electron chi connectivity index (χ4n) is 2.57. The highest BCUT2D eigenvalue weighted by molar-refractivity contribution is 5.93. The normalized spacial score (nSPS) is 12.0. The van der Waals surface area contributed by atoms with Gasteiger partial charge in [0.05, 0.1) is 20.6 Å². The summed E-state index contributed by atoms with van der Waals surface area (Å²) in [6, 6.07) is 9.00. The van der Waals surface area contributed by atoms with E-state index < -0.39 is 0 Å². The van der Waals surface area contributed by atoms with Gasteiger partial charge in [0.1, 0.15) is 0 Å². The minimum Gasteiger partial charge on any atom is -0.493 e. The average molecular weight is 329 g/mol. The van der Waals surface area contributed by atoms with Crippen LogP contribution in [0.4, 0.5) is 5.69 Å². The first-order valence-electron chi connectivity index (χ1n) is 7.51. The Kier molecular flexibility index (Phi) is 4.46. The van der Waals surface area contributed by atoms with Crippen LogP contribution < -0.4 is 24.3 Å². The van der Waals surface area contributed by atoms with Gasteiger partial charge in [0.15, 0.2) is 23.0 Å². The molecule has 0 aromatic heterocycles. The lowest BCUT2D eigenvalue weighted by molar-refractivity contribution is -0.115. The molecule has 0 radical (unpaired) electrons. The first-order chi connectivity index (χ1) is 11.6. The van der Waals surface area contributed by atoms with Crippen LogP contribution in [0.1, 0.15) is 11.1 Å². The van der Waals surface area contributed by atoms with Crippen molar-refractivity contribution < 1.29 is 23.7 Å². The number of benzene rings is 2. The molecule has 1 aliphatic rings. The quantitative estimate of drug-likeness (QED) is 0.913. The third-order valence-corrected chi connectivity index (χ3v) is 3.85. The monoisotopic (exact) mass is 329 g/mol. The van der Waals surface area contributed by atoms with Gasteiger partial charge in [0, 0.05) is 11.8 Å². The second-order valence-electron chi connectivity index (χ2n) is 5.43. The number of anilines is 1. The first-order valence-corrected chi connectivity index (χ1v) is 7.51. The summed E-state index contributed by atoms with van der Waals surface area (Å²) in [7, 11) is 3.16. The summed E-state index contributed by atoms with van der Waals surface area (Å²) in [5, 5.41) is 2.87. The summed E-state index contributed by atoms with van der Waals surface area (Å²) in [6.07, 6.45) is 0.237. The van der Waals surface area contributed by atoms with Crippen molar-refractivity contribution in [1.29, 1.82) is 0 Å².